The molecule has 21 heavy (non-hydrogen) atoms. The summed E-state index contributed by atoms with van der Waals surface area (Å²) < 4.78 is 0. The largest absolute Gasteiger partial charge is 0.352 e. The number of nitrogens with one attached hydrogen (secondary N) is 2. The van der Waals surface area contributed by atoms with Crippen LogP contribution in [0.4, 0.5) is 0 Å². The molecular weight excluding hydrogens is 304 g/mol. The molecule has 1 amide bonds. The lowest BCUT2D eigenvalue weighted by atomic mass is 9.67. The lowest BCUT2D eigenvalue weighted by molar-refractivity contribution is -0.134. The van der Waals surface area contributed by atoms with Gasteiger partial charge in [0.2, 0.25) is 5.91 Å². The van der Waals surface area contributed by atoms with Crippen LogP contribution in [0.15, 0.2) is 0 Å². The van der Waals surface area contributed by atoms with Gasteiger partial charge in [-0.3, -0.25) is 4.79 Å². The summed E-state index contributed by atoms with van der Waals surface area (Å²) in [6.45, 7) is 4.17. The van der Waals surface area contributed by atoms with Crippen LogP contribution >= 0.6 is 24.2 Å². The van der Waals surface area contributed by atoms with Crippen molar-refractivity contribution in [2.24, 2.45) is 11.3 Å². The van der Waals surface area contributed by atoms with E-state index >= 15 is 0 Å². The highest BCUT2D eigenvalue weighted by Gasteiger charge is 2.50. The highest BCUT2D eigenvalue weighted by Crippen LogP contribution is 2.44. The first-order valence-corrected chi connectivity index (χ1v) is 9.44. The predicted octanol–water partition coefficient (Wildman–Crippen LogP) is 2.98. The van der Waals surface area contributed by atoms with E-state index in [0.717, 1.165) is 25.3 Å². The normalized spacial score (nSPS) is 38.6. The number of carbonyl (C=O) groups excluding carboxylic acids is 1. The standard InChI is InChI=1S/C16H28N2OS.ClH/c1-2-20-14-8-5-7-13(14)18-15(19)16-9-4-3-6-12(16)10-17-11-16;/h12-14,17H,2-11H2,1H3,(H,18,19);1H/t12-,13?,14?,16+;/m0./s1. The number of halogens is 1. The molecule has 2 saturated carbocycles. The van der Waals surface area contributed by atoms with Gasteiger partial charge in [0.15, 0.2) is 0 Å². The minimum Gasteiger partial charge on any atom is -0.352 e. The van der Waals surface area contributed by atoms with Crippen molar-refractivity contribution in [1.29, 1.82) is 0 Å². The van der Waals surface area contributed by atoms with E-state index in [1.165, 1.54) is 38.5 Å². The number of amides is 1. The minimum absolute atomic E-state index is 0. The zero-order valence-corrected chi connectivity index (χ0v) is 14.7. The van der Waals surface area contributed by atoms with Crippen LogP contribution in [0.25, 0.3) is 0 Å². The number of fused-ring (bicyclic) bond motifs is 1. The van der Waals surface area contributed by atoms with Crippen LogP contribution in [-0.4, -0.2) is 36.0 Å². The van der Waals surface area contributed by atoms with Crippen molar-refractivity contribution in [1.82, 2.24) is 10.6 Å². The van der Waals surface area contributed by atoms with Crippen molar-refractivity contribution < 1.29 is 4.79 Å². The van der Waals surface area contributed by atoms with Crippen molar-refractivity contribution in [3.05, 3.63) is 0 Å². The fourth-order valence-electron chi connectivity index (χ4n) is 4.51. The van der Waals surface area contributed by atoms with E-state index in [1.54, 1.807) is 0 Å². The van der Waals surface area contributed by atoms with Gasteiger partial charge in [-0.25, -0.2) is 0 Å². The van der Waals surface area contributed by atoms with E-state index in [4.69, 9.17) is 0 Å². The van der Waals surface area contributed by atoms with Crippen LogP contribution in [-0.2, 0) is 4.79 Å². The lowest BCUT2D eigenvalue weighted by Gasteiger charge is -2.38. The molecule has 1 aliphatic heterocycles. The Bertz CT molecular complexity index is 368. The second-order valence-corrected chi connectivity index (χ2v) is 8.25. The summed E-state index contributed by atoms with van der Waals surface area (Å²) in [5.41, 5.74) is -0.0811. The smallest absolute Gasteiger partial charge is 0.228 e. The summed E-state index contributed by atoms with van der Waals surface area (Å²) in [4.78, 5) is 12.9. The molecule has 3 nitrogen and oxygen atoms in total. The first kappa shape index (κ1) is 17.4. The first-order chi connectivity index (χ1) is 9.76. The Hall–Kier alpha value is 0.0700. The second kappa shape index (κ2) is 7.56. The van der Waals surface area contributed by atoms with Gasteiger partial charge in [-0.05, 0) is 43.9 Å². The fraction of sp³-hybridized carbons (Fsp3) is 0.938. The minimum atomic E-state index is -0.0811. The lowest BCUT2D eigenvalue weighted by Crippen LogP contribution is -2.52. The molecule has 0 radical (unpaired) electrons. The van der Waals surface area contributed by atoms with Crippen molar-refractivity contribution in [2.45, 2.75) is 63.2 Å². The molecule has 0 aromatic heterocycles. The van der Waals surface area contributed by atoms with Crippen LogP contribution in [0.2, 0.25) is 0 Å². The predicted molar refractivity (Wildman–Crippen MR) is 92.2 cm³/mol. The Balaban J connectivity index is 0.00000161. The number of carbonyl (C=O) groups is 1. The number of hydrogen-bond acceptors (Lipinski definition) is 3. The number of hydrogen-bond donors (Lipinski definition) is 2. The van der Waals surface area contributed by atoms with E-state index in [2.05, 4.69) is 17.6 Å². The quantitative estimate of drug-likeness (QED) is 0.831. The van der Waals surface area contributed by atoms with E-state index < -0.39 is 0 Å². The molecule has 0 spiro atoms. The SMILES string of the molecule is CCSC1CCCC1NC(=O)[C@@]12CCCC[C@H]1CNC2.Cl. The molecule has 3 rings (SSSR count). The van der Waals surface area contributed by atoms with Crippen LogP contribution in [0, 0.1) is 11.3 Å². The van der Waals surface area contributed by atoms with Crippen LogP contribution in [0.1, 0.15) is 51.9 Å². The molecule has 1 saturated heterocycles. The fourth-order valence-corrected chi connectivity index (χ4v) is 5.71. The Morgan fingerprint density at radius 1 is 1.29 bits per heavy atom. The third-order valence-electron chi connectivity index (χ3n) is 5.64. The third-order valence-corrected chi connectivity index (χ3v) is 6.97. The Kier molecular flexibility index (Phi) is 6.27. The van der Waals surface area contributed by atoms with Crippen molar-refractivity contribution in [2.75, 3.05) is 18.8 Å². The second-order valence-electron chi connectivity index (χ2n) is 6.73. The Morgan fingerprint density at radius 3 is 2.95 bits per heavy atom. The number of rotatable bonds is 4. The Labute approximate surface area is 139 Å². The Morgan fingerprint density at radius 2 is 2.14 bits per heavy atom. The maximum Gasteiger partial charge on any atom is 0.228 e. The maximum atomic E-state index is 12.9. The molecule has 2 aliphatic carbocycles. The summed E-state index contributed by atoms with van der Waals surface area (Å²) in [5, 5.41) is 7.58. The maximum absolute atomic E-state index is 12.9. The molecule has 122 valence electrons. The van der Waals surface area contributed by atoms with Gasteiger partial charge in [-0.1, -0.05) is 26.2 Å². The van der Waals surface area contributed by atoms with Gasteiger partial charge in [0.05, 0.1) is 5.41 Å². The molecule has 1 heterocycles. The molecule has 2 unspecified atom stereocenters. The van der Waals surface area contributed by atoms with Gasteiger partial charge in [0.1, 0.15) is 0 Å². The molecule has 0 aromatic carbocycles. The van der Waals surface area contributed by atoms with Crippen molar-refractivity contribution in [3.8, 4) is 0 Å². The number of thioether (sulfide) groups is 1. The average Bonchev–Trinajstić information content (AvgIpc) is 3.07. The van der Waals surface area contributed by atoms with E-state index in [0.29, 0.717) is 23.1 Å². The third kappa shape index (κ3) is 3.37. The molecule has 4 atom stereocenters. The van der Waals surface area contributed by atoms with Gasteiger partial charge in [0, 0.05) is 17.8 Å². The monoisotopic (exact) mass is 332 g/mol. The molecule has 0 bridgehead atoms. The van der Waals surface area contributed by atoms with E-state index in [9.17, 15) is 4.79 Å². The van der Waals surface area contributed by atoms with Gasteiger partial charge in [-0.15, -0.1) is 12.4 Å². The van der Waals surface area contributed by atoms with Gasteiger partial charge in [0.25, 0.3) is 0 Å². The molecule has 3 fully saturated rings. The first-order valence-electron chi connectivity index (χ1n) is 8.39. The summed E-state index contributed by atoms with van der Waals surface area (Å²) in [5.74, 6) is 2.10. The van der Waals surface area contributed by atoms with Gasteiger partial charge >= 0.3 is 0 Å². The van der Waals surface area contributed by atoms with E-state index in [1.807, 2.05) is 11.8 Å². The topological polar surface area (TPSA) is 41.1 Å². The van der Waals surface area contributed by atoms with Crippen molar-refractivity contribution >= 4 is 30.1 Å². The zero-order valence-electron chi connectivity index (χ0n) is 13.0. The highest BCUT2D eigenvalue weighted by molar-refractivity contribution is 7.99. The van der Waals surface area contributed by atoms with Crippen LogP contribution < -0.4 is 10.6 Å². The van der Waals surface area contributed by atoms with E-state index in [-0.39, 0.29) is 17.8 Å². The summed E-state index contributed by atoms with van der Waals surface area (Å²) in [6.07, 6.45) is 8.59. The summed E-state index contributed by atoms with van der Waals surface area (Å²) >= 11 is 2.03. The highest BCUT2D eigenvalue weighted by atomic mass is 35.5. The molecule has 5 heteroatoms. The zero-order chi connectivity index (χ0) is 14.0. The van der Waals surface area contributed by atoms with Crippen molar-refractivity contribution in [3.63, 3.8) is 0 Å². The molecule has 0 aromatic rings. The molecular formula is C16H29ClN2OS. The summed E-state index contributed by atoms with van der Waals surface area (Å²) in [6, 6.07) is 0.421. The summed E-state index contributed by atoms with van der Waals surface area (Å²) in [7, 11) is 0. The molecule has 2 N–H and O–H groups in total. The van der Waals surface area contributed by atoms with Gasteiger partial charge < -0.3 is 10.6 Å². The van der Waals surface area contributed by atoms with Gasteiger partial charge in [-0.2, -0.15) is 11.8 Å². The van der Waals surface area contributed by atoms with Crippen LogP contribution in [0.3, 0.4) is 0 Å². The van der Waals surface area contributed by atoms with Crippen LogP contribution in [0.5, 0.6) is 0 Å². The average molecular weight is 333 g/mol. The molecule has 3 aliphatic rings.